The van der Waals surface area contributed by atoms with E-state index in [1.807, 2.05) is 6.08 Å². The summed E-state index contributed by atoms with van der Waals surface area (Å²) in [6.07, 6.45) is 18.2. The lowest BCUT2D eigenvalue weighted by molar-refractivity contribution is 0.204. The first-order valence-corrected chi connectivity index (χ1v) is 12.3. The molecule has 7 rings (SSSR count). The molecule has 0 saturated heterocycles. The van der Waals surface area contributed by atoms with Gasteiger partial charge in [0.2, 0.25) is 0 Å². The molecule has 0 spiro atoms. The van der Waals surface area contributed by atoms with Crippen LogP contribution in [0.5, 0.6) is 5.75 Å². The minimum atomic E-state index is -0.0224. The van der Waals surface area contributed by atoms with Gasteiger partial charge in [-0.15, -0.1) is 0 Å². The molecule has 4 aliphatic rings. The summed E-state index contributed by atoms with van der Waals surface area (Å²) in [7, 11) is 0. The minimum Gasteiger partial charge on any atom is -0.489 e. The topological polar surface area (TPSA) is 50.3 Å². The van der Waals surface area contributed by atoms with Crippen LogP contribution in [0.3, 0.4) is 0 Å². The molecule has 2 aliphatic heterocycles. The summed E-state index contributed by atoms with van der Waals surface area (Å²) in [5.41, 5.74) is 6.83. The average Bonchev–Trinajstić information content (AvgIpc) is 3.44. The van der Waals surface area contributed by atoms with Gasteiger partial charge in [0.1, 0.15) is 23.6 Å². The van der Waals surface area contributed by atoms with Crippen molar-refractivity contribution < 1.29 is 4.74 Å². The fourth-order valence-electron chi connectivity index (χ4n) is 6.23. The van der Waals surface area contributed by atoms with Crippen molar-refractivity contribution in [1.29, 1.82) is 5.26 Å². The summed E-state index contributed by atoms with van der Waals surface area (Å²) >= 11 is 0. The van der Waals surface area contributed by atoms with Crippen LogP contribution < -0.4 is 4.74 Å². The number of nitriles is 1. The molecular formula is C30H25N3O. The molecule has 1 aromatic heterocycles. The number of rotatable bonds is 2. The van der Waals surface area contributed by atoms with E-state index in [2.05, 4.69) is 77.4 Å². The highest BCUT2D eigenvalue weighted by molar-refractivity contribution is 6.13. The van der Waals surface area contributed by atoms with Crippen molar-refractivity contribution in [3.05, 3.63) is 84.0 Å². The number of nitrogens with zero attached hydrogens (tertiary/aromatic N) is 3. The number of allylic oxidation sites excluding steroid dienone is 4. The fourth-order valence-corrected chi connectivity index (χ4v) is 6.23. The molecule has 0 fully saturated rings. The Morgan fingerprint density at radius 3 is 2.88 bits per heavy atom. The Hall–Kier alpha value is -3.84. The maximum atomic E-state index is 9.44. The van der Waals surface area contributed by atoms with Crippen molar-refractivity contribution in [2.45, 2.75) is 50.2 Å². The molecule has 0 N–H and O–H groups in total. The van der Waals surface area contributed by atoms with Crippen molar-refractivity contribution >= 4 is 33.2 Å². The predicted molar refractivity (Wildman–Crippen MR) is 137 cm³/mol. The normalized spacial score (nSPS) is 25.3. The Morgan fingerprint density at radius 2 is 1.94 bits per heavy atom. The number of aliphatic imine (C=N–C) groups is 1. The van der Waals surface area contributed by atoms with Crippen LogP contribution in [0.4, 0.5) is 0 Å². The zero-order valence-electron chi connectivity index (χ0n) is 18.9. The second-order valence-electron chi connectivity index (χ2n) is 9.53. The smallest absolute Gasteiger partial charge is 0.135 e. The molecule has 0 bridgehead atoms. The van der Waals surface area contributed by atoms with Crippen molar-refractivity contribution in [1.82, 2.24) is 4.57 Å². The molecule has 2 unspecified atom stereocenters. The fraction of sp³-hybridized carbons (Fsp3) is 0.267. The van der Waals surface area contributed by atoms with Gasteiger partial charge in [-0.05, 0) is 62.0 Å². The van der Waals surface area contributed by atoms with Gasteiger partial charge in [-0.25, -0.2) is 0 Å². The van der Waals surface area contributed by atoms with Crippen LogP contribution in [-0.2, 0) is 0 Å². The third-order valence-electron chi connectivity index (χ3n) is 7.66. The zero-order chi connectivity index (χ0) is 22.6. The Kier molecular flexibility index (Phi) is 4.38. The standard InChI is InChI=1S/C30H25N3O/c31-18-19-8-7-12-23(32-19)20-9-1-4-13-24(20)33-25-14-5-2-10-21(25)29-26(33)16-17-28-30(29)22-11-3-6-15-27(22)34-28/h1-3,5,7-11,14,16-17,22-23,27H,4,6,12-13,15H2/t22-,23?,27?/m0/s1. The van der Waals surface area contributed by atoms with Crippen molar-refractivity contribution in [2.24, 2.45) is 4.99 Å². The number of ether oxygens (including phenoxy) is 1. The van der Waals surface area contributed by atoms with Crippen LogP contribution in [0.2, 0.25) is 0 Å². The van der Waals surface area contributed by atoms with E-state index < -0.39 is 0 Å². The van der Waals surface area contributed by atoms with Gasteiger partial charge in [-0.1, -0.05) is 48.6 Å². The van der Waals surface area contributed by atoms with Crippen LogP contribution in [-0.4, -0.2) is 22.4 Å². The number of para-hydroxylation sites is 1. The second kappa shape index (κ2) is 7.60. The van der Waals surface area contributed by atoms with E-state index in [1.54, 1.807) is 0 Å². The third kappa shape index (κ3) is 2.80. The minimum absolute atomic E-state index is 0.0224. The van der Waals surface area contributed by atoms with E-state index in [-0.39, 0.29) is 12.1 Å². The van der Waals surface area contributed by atoms with Crippen LogP contribution in [0.1, 0.15) is 43.6 Å². The van der Waals surface area contributed by atoms with Gasteiger partial charge in [0.25, 0.3) is 0 Å². The molecule has 4 nitrogen and oxygen atoms in total. The van der Waals surface area contributed by atoms with Gasteiger partial charge >= 0.3 is 0 Å². The molecule has 2 aromatic carbocycles. The summed E-state index contributed by atoms with van der Waals surface area (Å²) < 4.78 is 8.89. The number of hydrogen-bond acceptors (Lipinski definition) is 3. The van der Waals surface area contributed by atoms with E-state index in [1.165, 1.54) is 38.6 Å². The van der Waals surface area contributed by atoms with E-state index in [0.717, 1.165) is 37.9 Å². The first-order chi connectivity index (χ1) is 16.8. The second-order valence-corrected chi connectivity index (χ2v) is 9.53. The van der Waals surface area contributed by atoms with E-state index in [4.69, 9.17) is 9.73 Å². The molecule has 2 aliphatic carbocycles. The number of hydrogen-bond donors (Lipinski definition) is 0. The van der Waals surface area contributed by atoms with Crippen LogP contribution in [0, 0.1) is 11.3 Å². The summed E-state index contributed by atoms with van der Waals surface area (Å²) in [5.74, 6) is 1.35. The first-order valence-electron chi connectivity index (χ1n) is 12.3. The van der Waals surface area contributed by atoms with Crippen molar-refractivity contribution in [3.8, 4) is 11.8 Å². The monoisotopic (exact) mass is 443 g/mol. The highest BCUT2D eigenvalue weighted by Crippen LogP contribution is 2.49. The SMILES string of the molecule is N#CC1=NC(C2=C(n3c4ccccc4c4c5c(ccc43)OC3CCC=C[C@H]53)CCC=C2)CC=C1. The molecule has 3 atom stereocenters. The van der Waals surface area contributed by atoms with Gasteiger partial charge in [0.05, 0.1) is 17.1 Å². The first kappa shape index (κ1) is 19.6. The predicted octanol–water partition coefficient (Wildman–Crippen LogP) is 6.84. The molecule has 4 heteroatoms. The van der Waals surface area contributed by atoms with Gasteiger partial charge in [0.15, 0.2) is 0 Å². The highest BCUT2D eigenvalue weighted by atomic mass is 16.5. The maximum Gasteiger partial charge on any atom is 0.135 e. The van der Waals surface area contributed by atoms with Crippen molar-refractivity contribution in [2.75, 3.05) is 0 Å². The summed E-state index contributed by atoms with van der Waals surface area (Å²) in [6, 6.07) is 15.4. The molecule has 166 valence electrons. The number of fused-ring (bicyclic) bond motifs is 7. The molecule has 0 radical (unpaired) electrons. The maximum absolute atomic E-state index is 9.44. The van der Waals surface area contributed by atoms with Crippen LogP contribution in [0.15, 0.2) is 83.4 Å². The van der Waals surface area contributed by atoms with E-state index >= 15 is 0 Å². The lowest BCUT2D eigenvalue weighted by atomic mass is 9.86. The number of benzene rings is 2. The van der Waals surface area contributed by atoms with Gasteiger partial charge in [-0.3, -0.25) is 4.99 Å². The highest BCUT2D eigenvalue weighted by Gasteiger charge is 2.37. The van der Waals surface area contributed by atoms with Crippen molar-refractivity contribution in [3.63, 3.8) is 0 Å². The molecule has 0 amide bonds. The van der Waals surface area contributed by atoms with Gasteiger partial charge in [-0.2, -0.15) is 5.26 Å². The summed E-state index contributed by atoms with van der Waals surface area (Å²) in [6.45, 7) is 0. The van der Waals surface area contributed by atoms with E-state index in [9.17, 15) is 5.26 Å². The molecular weight excluding hydrogens is 418 g/mol. The average molecular weight is 444 g/mol. The zero-order valence-corrected chi connectivity index (χ0v) is 18.9. The van der Waals surface area contributed by atoms with Gasteiger partial charge < -0.3 is 9.30 Å². The molecule has 3 heterocycles. The lowest BCUT2D eigenvalue weighted by Crippen LogP contribution is -2.19. The summed E-state index contributed by atoms with van der Waals surface area (Å²) in [5, 5.41) is 12.0. The van der Waals surface area contributed by atoms with Crippen LogP contribution in [0.25, 0.3) is 27.5 Å². The van der Waals surface area contributed by atoms with Crippen LogP contribution >= 0.6 is 0 Å². The Labute approximate surface area is 198 Å². The van der Waals surface area contributed by atoms with E-state index in [0.29, 0.717) is 11.6 Å². The quantitative estimate of drug-likeness (QED) is 0.407. The Morgan fingerprint density at radius 1 is 1.00 bits per heavy atom. The molecule has 3 aromatic rings. The third-order valence-corrected chi connectivity index (χ3v) is 7.66. The Bertz CT molecular complexity index is 1540. The summed E-state index contributed by atoms with van der Waals surface area (Å²) in [4.78, 5) is 4.77. The largest absolute Gasteiger partial charge is 0.489 e. The van der Waals surface area contributed by atoms with Gasteiger partial charge in [0, 0.05) is 28.0 Å². The number of dihydropyridines is 1. The lowest BCUT2D eigenvalue weighted by Gasteiger charge is -2.24. The molecule has 34 heavy (non-hydrogen) atoms. The molecule has 0 saturated carbocycles. The number of aromatic nitrogens is 1. The Balaban J connectivity index is 1.52.